The minimum atomic E-state index is -0.877. The fraction of sp³-hybridized carbons (Fsp3) is 0.750. The Kier molecular flexibility index (Phi) is 4.85. The molecule has 0 amide bonds. The molecule has 0 aliphatic heterocycles. The fourth-order valence-electron chi connectivity index (χ4n) is 0.199. The molecule has 0 fully saturated rings. The van der Waals surface area contributed by atoms with Gasteiger partial charge in [-0.3, -0.25) is 0 Å². The van der Waals surface area contributed by atoms with E-state index in [1.54, 1.807) is 0 Å². The van der Waals surface area contributed by atoms with Gasteiger partial charge in [0.15, 0.2) is 5.56 Å². The van der Waals surface area contributed by atoms with E-state index >= 15 is 0 Å². The van der Waals surface area contributed by atoms with E-state index in [2.05, 4.69) is 9.47 Å². The summed E-state index contributed by atoms with van der Waals surface area (Å²) in [5.74, 6) is 0. The molecule has 0 saturated heterocycles. The SMILES string of the molecule is COC(Cl)COC(=O)Cl. The maximum Gasteiger partial charge on any atom is 0.403 e. The number of methoxy groups -OCH3 is 1. The maximum atomic E-state index is 9.89. The van der Waals surface area contributed by atoms with Gasteiger partial charge >= 0.3 is 5.43 Å². The Bertz CT molecular complexity index is 95.8. The largest absolute Gasteiger partial charge is 0.450 e. The van der Waals surface area contributed by atoms with E-state index in [9.17, 15) is 4.79 Å². The summed E-state index contributed by atoms with van der Waals surface area (Å²) in [6.07, 6.45) is 0. The van der Waals surface area contributed by atoms with E-state index in [1.807, 2.05) is 0 Å². The van der Waals surface area contributed by atoms with Crippen molar-refractivity contribution in [3.63, 3.8) is 0 Å². The Hall–Kier alpha value is 0.01000. The number of hydrogen-bond donors (Lipinski definition) is 0. The summed E-state index contributed by atoms with van der Waals surface area (Å²) in [4.78, 5) is 9.89. The molecule has 0 rings (SSSR count). The average molecular weight is 173 g/mol. The van der Waals surface area contributed by atoms with Gasteiger partial charge in [-0.1, -0.05) is 11.6 Å². The van der Waals surface area contributed by atoms with Gasteiger partial charge in [0.2, 0.25) is 0 Å². The van der Waals surface area contributed by atoms with Crippen LogP contribution in [0.3, 0.4) is 0 Å². The summed E-state index contributed by atoms with van der Waals surface area (Å²) in [5, 5.41) is 0. The normalized spacial score (nSPS) is 12.8. The molecule has 0 aromatic heterocycles. The third kappa shape index (κ3) is 5.89. The molecule has 3 nitrogen and oxygen atoms in total. The number of carbonyl (C=O) groups excluding carboxylic acids is 1. The third-order valence-electron chi connectivity index (χ3n) is 0.584. The highest BCUT2D eigenvalue weighted by atomic mass is 35.5. The highest BCUT2D eigenvalue weighted by molar-refractivity contribution is 6.61. The van der Waals surface area contributed by atoms with Crippen molar-refractivity contribution < 1.29 is 14.3 Å². The van der Waals surface area contributed by atoms with Crippen molar-refractivity contribution in [2.45, 2.75) is 5.56 Å². The van der Waals surface area contributed by atoms with Crippen molar-refractivity contribution in [3.05, 3.63) is 0 Å². The number of hydrogen-bond acceptors (Lipinski definition) is 3. The first kappa shape index (κ1) is 9.01. The second-order valence-electron chi connectivity index (χ2n) is 1.19. The second-order valence-corrected chi connectivity index (χ2v) is 1.99. The standard InChI is InChI=1S/C4H6Cl2O3/c1-8-3(5)2-9-4(6)7/h3H,2H2,1H3. The molecule has 0 aromatic carbocycles. The van der Waals surface area contributed by atoms with Gasteiger partial charge in [-0.2, -0.15) is 0 Å². The van der Waals surface area contributed by atoms with Crippen LogP contribution in [0.15, 0.2) is 0 Å². The number of ether oxygens (including phenoxy) is 2. The molecule has 0 spiro atoms. The molecule has 54 valence electrons. The van der Waals surface area contributed by atoms with E-state index in [4.69, 9.17) is 23.2 Å². The van der Waals surface area contributed by atoms with Gasteiger partial charge in [0, 0.05) is 18.7 Å². The molecule has 0 N–H and O–H groups in total. The number of alkyl halides is 1. The predicted molar refractivity (Wildman–Crippen MR) is 33.9 cm³/mol. The number of rotatable bonds is 3. The summed E-state index contributed by atoms with van der Waals surface area (Å²) in [6, 6.07) is 0. The summed E-state index contributed by atoms with van der Waals surface area (Å²) in [6.45, 7) is -0.0274. The highest BCUT2D eigenvalue weighted by Gasteiger charge is 2.03. The first-order valence-corrected chi connectivity index (χ1v) is 2.97. The lowest BCUT2D eigenvalue weighted by atomic mass is 10.8. The monoisotopic (exact) mass is 172 g/mol. The smallest absolute Gasteiger partial charge is 0.403 e. The molecule has 1 atom stereocenters. The van der Waals surface area contributed by atoms with Gasteiger partial charge in [0.05, 0.1) is 0 Å². The Morgan fingerprint density at radius 2 is 2.33 bits per heavy atom. The van der Waals surface area contributed by atoms with Crippen molar-refractivity contribution in [1.29, 1.82) is 0 Å². The van der Waals surface area contributed by atoms with Gasteiger partial charge in [0.1, 0.15) is 6.61 Å². The lowest BCUT2D eigenvalue weighted by Gasteiger charge is -2.04. The maximum absolute atomic E-state index is 9.89. The Balaban J connectivity index is 3.16. The van der Waals surface area contributed by atoms with E-state index in [-0.39, 0.29) is 6.61 Å². The molecule has 0 aliphatic rings. The first-order chi connectivity index (χ1) is 4.16. The summed E-state index contributed by atoms with van der Waals surface area (Å²) in [7, 11) is 1.40. The third-order valence-corrected chi connectivity index (χ3v) is 0.997. The van der Waals surface area contributed by atoms with Crippen molar-refractivity contribution in [1.82, 2.24) is 0 Å². The average Bonchev–Trinajstić information content (AvgIpc) is 1.83. The van der Waals surface area contributed by atoms with E-state index in [1.165, 1.54) is 7.11 Å². The molecule has 0 heterocycles. The molecule has 1 unspecified atom stereocenters. The highest BCUT2D eigenvalue weighted by Crippen LogP contribution is 1.98. The molecule has 5 heteroatoms. The van der Waals surface area contributed by atoms with Gasteiger partial charge in [0.25, 0.3) is 0 Å². The molecule has 0 aliphatic carbocycles. The zero-order valence-electron chi connectivity index (χ0n) is 4.77. The van der Waals surface area contributed by atoms with Crippen LogP contribution < -0.4 is 0 Å². The molecule has 9 heavy (non-hydrogen) atoms. The zero-order valence-corrected chi connectivity index (χ0v) is 6.28. The Morgan fingerprint density at radius 3 is 2.67 bits per heavy atom. The first-order valence-electron chi connectivity index (χ1n) is 2.16. The van der Waals surface area contributed by atoms with Crippen LogP contribution in [0.1, 0.15) is 0 Å². The Morgan fingerprint density at radius 1 is 1.78 bits per heavy atom. The minimum Gasteiger partial charge on any atom is -0.450 e. The van der Waals surface area contributed by atoms with Gasteiger partial charge in [-0.15, -0.1) is 0 Å². The molecular formula is C4H6Cl2O3. The molecule has 0 saturated carbocycles. The quantitative estimate of drug-likeness (QED) is 0.480. The van der Waals surface area contributed by atoms with Gasteiger partial charge < -0.3 is 9.47 Å². The van der Waals surface area contributed by atoms with Gasteiger partial charge in [-0.25, -0.2) is 4.79 Å². The van der Waals surface area contributed by atoms with Crippen LogP contribution in [0.5, 0.6) is 0 Å². The van der Waals surface area contributed by atoms with Crippen molar-refractivity contribution in [3.8, 4) is 0 Å². The zero-order chi connectivity index (χ0) is 7.28. The van der Waals surface area contributed by atoms with Crippen LogP contribution in [-0.2, 0) is 9.47 Å². The molecule has 0 radical (unpaired) electrons. The van der Waals surface area contributed by atoms with E-state index < -0.39 is 11.0 Å². The van der Waals surface area contributed by atoms with Crippen LogP contribution in [0, 0.1) is 0 Å². The van der Waals surface area contributed by atoms with E-state index in [0.29, 0.717) is 0 Å². The van der Waals surface area contributed by atoms with Gasteiger partial charge in [-0.05, 0) is 0 Å². The number of halogens is 2. The topological polar surface area (TPSA) is 35.5 Å². The number of carbonyl (C=O) groups is 1. The predicted octanol–water partition coefficient (Wildman–Crippen LogP) is 1.57. The summed E-state index contributed by atoms with van der Waals surface area (Å²) >= 11 is 10.2. The lowest BCUT2D eigenvalue weighted by Crippen LogP contribution is -2.11. The van der Waals surface area contributed by atoms with Crippen LogP contribution in [0.4, 0.5) is 4.79 Å². The Labute approximate surface area is 62.8 Å². The van der Waals surface area contributed by atoms with E-state index in [0.717, 1.165) is 0 Å². The van der Waals surface area contributed by atoms with Crippen molar-refractivity contribution in [2.75, 3.05) is 13.7 Å². The summed E-state index contributed by atoms with van der Waals surface area (Å²) in [5.41, 5.74) is -1.50. The van der Waals surface area contributed by atoms with Crippen molar-refractivity contribution in [2.24, 2.45) is 0 Å². The van der Waals surface area contributed by atoms with Crippen LogP contribution >= 0.6 is 23.2 Å². The molecular weight excluding hydrogens is 167 g/mol. The molecule has 0 bridgehead atoms. The fourth-order valence-corrected chi connectivity index (χ4v) is 0.325. The van der Waals surface area contributed by atoms with Crippen LogP contribution in [-0.4, -0.2) is 24.7 Å². The van der Waals surface area contributed by atoms with Crippen LogP contribution in [0.25, 0.3) is 0 Å². The molecule has 0 aromatic rings. The summed E-state index contributed by atoms with van der Waals surface area (Å²) < 4.78 is 8.79. The van der Waals surface area contributed by atoms with Crippen LogP contribution in [0.2, 0.25) is 0 Å². The van der Waals surface area contributed by atoms with Crippen molar-refractivity contribution >= 4 is 28.6 Å². The lowest BCUT2D eigenvalue weighted by molar-refractivity contribution is 0.0903. The second kappa shape index (κ2) is 4.85. The minimum absolute atomic E-state index is 0.0274.